The number of nitrogens with zero attached hydrogens (tertiary/aromatic N) is 2. The molecule has 0 aliphatic carbocycles. The van der Waals surface area contributed by atoms with Gasteiger partial charge in [0.15, 0.2) is 5.96 Å². The van der Waals surface area contributed by atoms with Crippen LogP contribution in [0.4, 0.5) is 0 Å². The molecule has 21 heteroatoms. The summed E-state index contributed by atoms with van der Waals surface area (Å²) in [6, 6.07) is 16.1. The van der Waals surface area contributed by atoms with Crippen LogP contribution in [0, 0.1) is 5.41 Å². The highest BCUT2D eigenvalue weighted by molar-refractivity contribution is 6.00. The fraction of sp³-hybridized carbons (Fsp3) is 0.440. The van der Waals surface area contributed by atoms with E-state index in [1.807, 2.05) is 0 Å². The molecule has 3 saturated heterocycles. The van der Waals surface area contributed by atoms with Crippen LogP contribution >= 0.6 is 0 Å². The molecule has 3 heterocycles. The van der Waals surface area contributed by atoms with Gasteiger partial charge in [-0.1, -0.05) is 91.0 Å². The van der Waals surface area contributed by atoms with Gasteiger partial charge in [-0.05, 0) is 62.1 Å². The van der Waals surface area contributed by atoms with Gasteiger partial charge < -0.3 is 58.5 Å². The lowest BCUT2D eigenvalue weighted by molar-refractivity contribution is -0.148. The number of guanidine groups is 1. The maximum absolute atomic E-state index is 14.6. The van der Waals surface area contributed by atoms with Gasteiger partial charge >= 0.3 is 0 Å². The van der Waals surface area contributed by atoms with Crippen molar-refractivity contribution in [3.63, 3.8) is 0 Å². The number of nitrogens with one attached hydrogen (secondary N) is 8. The van der Waals surface area contributed by atoms with Crippen molar-refractivity contribution in [2.75, 3.05) is 19.6 Å². The quantitative estimate of drug-likeness (QED) is 0.0583. The Labute approximate surface area is 411 Å². The van der Waals surface area contributed by atoms with E-state index in [2.05, 4.69) is 37.2 Å². The smallest absolute Gasteiger partial charge is 0.246 e. The van der Waals surface area contributed by atoms with Crippen LogP contribution in [0.3, 0.4) is 0 Å². The van der Waals surface area contributed by atoms with Crippen molar-refractivity contribution in [2.45, 2.75) is 119 Å². The number of benzene rings is 3. The first-order valence-electron chi connectivity index (χ1n) is 24.0. The van der Waals surface area contributed by atoms with Crippen LogP contribution in [-0.2, 0) is 62.4 Å². The number of carbonyl (C=O) groups excluding carboxylic acids is 9. The van der Waals surface area contributed by atoms with Crippen LogP contribution in [0.1, 0.15) is 68.6 Å². The Morgan fingerprint density at radius 2 is 0.972 bits per heavy atom. The minimum absolute atomic E-state index is 0.0125. The summed E-state index contributed by atoms with van der Waals surface area (Å²) in [4.78, 5) is 130. The Morgan fingerprint density at radius 3 is 1.48 bits per heavy atom. The predicted molar refractivity (Wildman–Crippen MR) is 260 cm³/mol. The van der Waals surface area contributed by atoms with Gasteiger partial charge in [0.1, 0.15) is 48.3 Å². The van der Waals surface area contributed by atoms with Crippen LogP contribution in [0.2, 0.25) is 0 Å². The van der Waals surface area contributed by atoms with Crippen molar-refractivity contribution in [1.82, 2.24) is 47.0 Å². The molecule has 3 aliphatic rings. The number of hydrogen-bond acceptors (Lipinski definition) is 10. The summed E-state index contributed by atoms with van der Waals surface area (Å²) in [6.45, 7) is 1.90. The van der Waals surface area contributed by atoms with E-state index in [0.29, 0.717) is 29.5 Å². The van der Waals surface area contributed by atoms with Gasteiger partial charge in [-0.15, -0.1) is 0 Å². The van der Waals surface area contributed by atoms with E-state index >= 15 is 0 Å². The number of fused-ring (bicyclic) bond motifs is 2. The minimum Gasteiger partial charge on any atom is -0.370 e. The molecule has 9 amide bonds. The van der Waals surface area contributed by atoms with Crippen molar-refractivity contribution in [3.05, 3.63) is 108 Å². The molecule has 0 saturated carbocycles. The second-order valence-corrected chi connectivity index (χ2v) is 18.1. The third-order valence-corrected chi connectivity index (χ3v) is 12.8. The maximum atomic E-state index is 14.6. The lowest BCUT2D eigenvalue weighted by atomic mass is 10.0. The van der Waals surface area contributed by atoms with Crippen molar-refractivity contribution >= 4 is 59.1 Å². The standard InChI is InChI=1S/C50H64N12O9/c1-30-42(64)60-38(28-33-18-9-4-10-19-33)48(70)62-25-13-22-40(62)49(71)61-24-12-21-39(61)47(69)56-34(20-11-23-54-50(52)53)43(65)57-35(26-31-14-5-2-6-15-31)45(67)58-36(27-32-16-7-3-8-17-32)46(68)59-37(29-41(51)63)44(66)55-30/h2-10,14-19,30,34-40H,11-13,20-29H2,1H3,(H2,51,63)(H,55,66)(H,56,69)(H,57,65)(H,58,67)(H,59,68)(H,60,64)(H4,52,53,54)/t30-,34+,35+,36-,37-,38-,39-,40+/m0/s1. The van der Waals surface area contributed by atoms with Gasteiger partial charge in [0.25, 0.3) is 0 Å². The normalized spacial score (nSPS) is 25.3. The first kappa shape index (κ1) is 52.5. The van der Waals surface area contributed by atoms with Crippen LogP contribution in [-0.4, -0.2) is 137 Å². The molecule has 378 valence electrons. The lowest BCUT2D eigenvalue weighted by Crippen LogP contribution is -2.61. The molecule has 8 atom stereocenters. The van der Waals surface area contributed by atoms with Gasteiger partial charge in [-0.25, -0.2) is 0 Å². The zero-order chi connectivity index (χ0) is 51.0. The molecule has 12 N–H and O–H groups in total. The fourth-order valence-electron chi connectivity index (χ4n) is 9.12. The topological polar surface area (TPSA) is 320 Å². The molecule has 3 aromatic carbocycles. The summed E-state index contributed by atoms with van der Waals surface area (Å²) in [5, 5.41) is 26.4. The van der Waals surface area contributed by atoms with E-state index in [9.17, 15) is 43.2 Å². The van der Waals surface area contributed by atoms with Crippen molar-refractivity contribution in [2.24, 2.45) is 11.5 Å². The Morgan fingerprint density at radius 1 is 0.549 bits per heavy atom. The third kappa shape index (κ3) is 14.8. The zero-order valence-electron chi connectivity index (χ0n) is 39.7. The van der Waals surface area contributed by atoms with Crippen LogP contribution in [0.25, 0.3) is 0 Å². The molecule has 3 aliphatic heterocycles. The number of carbonyl (C=O) groups is 9. The first-order chi connectivity index (χ1) is 34.1. The summed E-state index contributed by atoms with van der Waals surface area (Å²) < 4.78 is 0. The molecule has 3 aromatic rings. The second-order valence-electron chi connectivity index (χ2n) is 18.1. The van der Waals surface area contributed by atoms with Crippen molar-refractivity contribution < 1.29 is 43.2 Å². The number of primary amides is 1. The van der Waals surface area contributed by atoms with E-state index in [1.165, 1.54) is 16.7 Å². The van der Waals surface area contributed by atoms with E-state index < -0.39 is 108 Å². The lowest BCUT2D eigenvalue weighted by Gasteiger charge is -2.34. The Bertz CT molecular complexity index is 2410. The summed E-state index contributed by atoms with van der Waals surface area (Å²) >= 11 is 0. The predicted octanol–water partition coefficient (Wildman–Crippen LogP) is -1.22. The molecular weight excluding hydrogens is 913 g/mol. The van der Waals surface area contributed by atoms with Crippen LogP contribution in [0.5, 0.6) is 0 Å². The molecule has 0 bridgehead atoms. The Hall–Kier alpha value is -7.84. The summed E-state index contributed by atoms with van der Waals surface area (Å²) in [7, 11) is 0. The molecular formula is C50H64N12O9. The minimum atomic E-state index is -1.63. The van der Waals surface area contributed by atoms with Gasteiger partial charge in [0.05, 0.1) is 6.42 Å². The highest BCUT2D eigenvalue weighted by atomic mass is 16.2. The van der Waals surface area contributed by atoms with Gasteiger partial charge in [-0.3, -0.25) is 48.6 Å². The summed E-state index contributed by atoms with van der Waals surface area (Å²) in [6.07, 6.45) is 0.854. The second kappa shape index (κ2) is 25.1. The third-order valence-electron chi connectivity index (χ3n) is 12.8. The SMILES string of the molecule is C[C@@H]1NC(=O)[C@H](CC(N)=O)NC(=O)[C@H](Cc2ccccc2)NC(=O)[C@@H](Cc2ccccc2)NC(=O)[C@@H](CCCNC(=N)N)NC(=O)[C@@H]2CCCN2C(=O)[C@H]2CCCN2C(=O)[C@H](Cc2ccccc2)NC1=O. The Kier molecular flexibility index (Phi) is 18.6. The molecule has 0 spiro atoms. The number of amides is 9. The van der Waals surface area contributed by atoms with Gasteiger partial charge in [0, 0.05) is 38.9 Å². The first-order valence-corrected chi connectivity index (χ1v) is 24.0. The zero-order valence-corrected chi connectivity index (χ0v) is 39.7. The van der Waals surface area contributed by atoms with E-state index in [-0.39, 0.29) is 70.5 Å². The number of nitrogens with two attached hydrogens (primary N) is 2. The monoisotopic (exact) mass is 976 g/mol. The molecule has 0 unspecified atom stereocenters. The van der Waals surface area contributed by atoms with Crippen molar-refractivity contribution in [1.29, 1.82) is 5.41 Å². The van der Waals surface area contributed by atoms with E-state index in [4.69, 9.17) is 16.9 Å². The summed E-state index contributed by atoms with van der Waals surface area (Å²) in [5.74, 6) is -7.10. The van der Waals surface area contributed by atoms with E-state index in [0.717, 1.165) is 0 Å². The van der Waals surface area contributed by atoms with E-state index in [1.54, 1.807) is 91.0 Å². The molecule has 6 rings (SSSR count). The van der Waals surface area contributed by atoms with Crippen LogP contribution in [0.15, 0.2) is 91.0 Å². The maximum Gasteiger partial charge on any atom is 0.246 e. The molecule has 0 radical (unpaired) electrons. The van der Waals surface area contributed by atoms with Gasteiger partial charge in [-0.2, -0.15) is 0 Å². The average molecular weight is 977 g/mol. The molecule has 3 fully saturated rings. The molecule has 71 heavy (non-hydrogen) atoms. The Balaban J connectivity index is 1.39. The highest BCUT2D eigenvalue weighted by Gasteiger charge is 2.44. The highest BCUT2D eigenvalue weighted by Crippen LogP contribution is 2.26. The van der Waals surface area contributed by atoms with Crippen LogP contribution < -0.4 is 48.7 Å². The largest absolute Gasteiger partial charge is 0.370 e. The number of rotatable bonds is 12. The molecule has 21 nitrogen and oxygen atoms in total. The van der Waals surface area contributed by atoms with Gasteiger partial charge in [0.2, 0.25) is 53.2 Å². The van der Waals surface area contributed by atoms with Crippen molar-refractivity contribution in [3.8, 4) is 0 Å². The fourth-order valence-corrected chi connectivity index (χ4v) is 9.12. The summed E-state index contributed by atoms with van der Waals surface area (Å²) in [5.41, 5.74) is 13.0. The molecule has 0 aromatic heterocycles. The average Bonchev–Trinajstić information content (AvgIpc) is 4.06. The number of hydrogen-bond donors (Lipinski definition) is 10.